The van der Waals surface area contributed by atoms with Crippen molar-refractivity contribution in [2.75, 3.05) is 6.26 Å². The van der Waals surface area contributed by atoms with Gasteiger partial charge in [0.05, 0.1) is 44.2 Å². The van der Waals surface area contributed by atoms with Gasteiger partial charge in [-0.15, -0.1) is 0 Å². The van der Waals surface area contributed by atoms with Crippen molar-refractivity contribution in [3.05, 3.63) is 63.3 Å². The number of rotatable bonds is 2. The fourth-order valence-electron chi connectivity index (χ4n) is 2.96. The molecule has 3 aromatic rings. The predicted molar refractivity (Wildman–Crippen MR) is 113 cm³/mol. The van der Waals surface area contributed by atoms with Gasteiger partial charge in [0.1, 0.15) is 5.82 Å². The molecular formula is C22H17F2N3O3S. The number of nitriles is 1. The molecule has 0 saturated carbocycles. The second-order valence-electron chi connectivity index (χ2n) is 7.58. The zero-order valence-electron chi connectivity index (χ0n) is 16.8. The number of benzene rings is 2. The van der Waals surface area contributed by atoms with Crippen molar-refractivity contribution in [2.24, 2.45) is 5.73 Å². The highest BCUT2D eigenvalue weighted by molar-refractivity contribution is 7.90. The molecule has 1 heterocycles. The highest BCUT2D eigenvalue weighted by Gasteiger charge is 2.20. The zero-order valence-corrected chi connectivity index (χ0v) is 17.6. The van der Waals surface area contributed by atoms with E-state index in [4.69, 9.17) is 11.0 Å². The van der Waals surface area contributed by atoms with Crippen LogP contribution >= 0.6 is 0 Å². The molecule has 0 saturated heterocycles. The number of sulfone groups is 1. The van der Waals surface area contributed by atoms with Gasteiger partial charge in [0.2, 0.25) is 0 Å². The predicted octanol–water partition coefficient (Wildman–Crippen LogP) is 2.84. The van der Waals surface area contributed by atoms with Crippen LogP contribution in [0.15, 0.2) is 40.0 Å². The van der Waals surface area contributed by atoms with Crippen LogP contribution in [0.3, 0.4) is 0 Å². The molecule has 0 fully saturated rings. The van der Waals surface area contributed by atoms with Gasteiger partial charge in [-0.25, -0.2) is 17.2 Å². The van der Waals surface area contributed by atoms with Crippen molar-refractivity contribution in [3.63, 3.8) is 0 Å². The van der Waals surface area contributed by atoms with Crippen LogP contribution in [-0.2, 0) is 9.84 Å². The molecule has 0 aliphatic rings. The maximum atomic E-state index is 14.9. The van der Waals surface area contributed by atoms with E-state index in [-0.39, 0.29) is 27.2 Å². The van der Waals surface area contributed by atoms with Gasteiger partial charge in [0.25, 0.3) is 0 Å². The van der Waals surface area contributed by atoms with Gasteiger partial charge in [0, 0.05) is 17.9 Å². The number of hydrogen-bond donors (Lipinski definition) is 2. The summed E-state index contributed by atoms with van der Waals surface area (Å²) in [4.78, 5) is 15.3. The van der Waals surface area contributed by atoms with E-state index in [1.54, 1.807) is 13.8 Å². The average molecular weight is 441 g/mol. The van der Waals surface area contributed by atoms with E-state index < -0.39 is 43.4 Å². The number of nitrogens with zero attached hydrogens (tertiary/aromatic N) is 1. The van der Waals surface area contributed by atoms with E-state index in [9.17, 15) is 22.0 Å². The maximum absolute atomic E-state index is 14.9. The summed E-state index contributed by atoms with van der Waals surface area (Å²) in [6.45, 7) is 3.12. The topological polar surface area (TPSA) is 117 Å². The van der Waals surface area contributed by atoms with E-state index in [2.05, 4.69) is 16.8 Å². The molecular weight excluding hydrogens is 424 g/mol. The monoisotopic (exact) mass is 441 g/mol. The fraction of sp³-hybridized carbons (Fsp3) is 0.182. The minimum atomic E-state index is -3.73. The largest absolute Gasteiger partial charge is 0.354 e. The number of aromatic nitrogens is 1. The lowest BCUT2D eigenvalue weighted by atomic mass is 10.0. The van der Waals surface area contributed by atoms with Gasteiger partial charge >= 0.3 is 0 Å². The molecule has 1 aromatic heterocycles. The Bertz CT molecular complexity index is 1500. The summed E-state index contributed by atoms with van der Waals surface area (Å²) in [5.74, 6) is 2.70. The number of fused-ring (bicyclic) bond motifs is 1. The van der Waals surface area contributed by atoms with Crippen molar-refractivity contribution in [2.45, 2.75) is 24.3 Å². The third-order valence-corrected chi connectivity index (χ3v) is 5.47. The summed E-state index contributed by atoms with van der Waals surface area (Å²) < 4.78 is 53.8. The Kier molecular flexibility index (Phi) is 5.45. The Labute approximate surface area is 177 Å². The molecule has 0 aliphatic heterocycles. The standard InChI is InChI=1S/C22H17F2N3O3S/c1-22(2,26)7-6-13-15(23)9-17-20(21(13)24)18(28)10-16(27-17)14-8-12(11-25)4-5-19(14)31(3,29)30/h4-5,8-10H,26H2,1-3H3,(H,27,28). The normalized spacial score (nSPS) is 11.6. The Balaban J connectivity index is 2.35. The maximum Gasteiger partial charge on any atom is 0.193 e. The molecule has 6 nitrogen and oxygen atoms in total. The van der Waals surface area contributed by atoms with E-state index in [0.29, 0.717) is 0 Å². The van der Waals surface area contributed by atoms with E-state index in [0.717, 1.165) is 18.4 Å². The zero-order chi connectivity index (χ0) is 23.1. The first-order chi connectivity index (χ1) is 14.3. The van der Waals surface area contributed by atoms with Crippen LogP contribution in [0.4, 0.5) is 8.78 Å². The second-order valence-corrected chi connectivity index (χ2v) is 9.57. The minimum Gasteiger partial charge on any atom is -0.354 e. The van der Waals surface area contributed by atoms with E-state index >= 15 is 0 Å². The van der Waals surface area contributed by atoms with Crippen LogP contribution in [0.1, 0.15) is 25.0 Å². The van der Waals surface area contributed by atoms with E-state index in [1.807, 2.05) is 6.07 Å². The average Bonchev–Trinajstić information content (AvgIpc) is 2.65. The van der Waals surface area contributed by atoms with Crippen LogP contribution in [0.5, 0.6) is 0 Å². The van der Waals surface area contributed by atoms with Crippen LogP contribution in [0, 0.1) is 34.8 Å². The Morgan fingerprint density at radius 2 is 1.84 bits per heavy atom. The Morgan fingerprint density at radius 1 is 1.16 bits per heavy atom. The quantitative estimate of drug-likeness (QED) is 0.593. The number of halogens is 2. The third-order valence-electron chi connectivity index (χ3n) is 4.32. The Hall–Kier alpha value is -3.53. The van der Waals surface area contributed by atoms with Crippen molar-refractivity contribution in [1.82, 2.24) is 4.98 Å². The first-order valence-electron chi connectivity index (χ1n) is 8.93. The summed E-state index contributed by atoms with van der Waals surface area (Å²) in [7, 11) is -3.73. The van der Waals surface area contributed by atoms with Gasteiger partial charge in [0.15, 0.2) is 21.1 Å². The van der Waals surface area contributed by atoms with Crippen LogP contribution in [0.2, 0.25) is 0 Å². The smallest absolute Gasteiger partial charge is 0.193 e. The molecule has 0 bridgehead atoms. The van der Waals surface area contributed by atoms with E-state index in [1.165, 1.54) is 18.2 Å². The lowest BCUT2D eigenvalue weighted by Crippen LogP contribution is -2.29. The molecule has 0 amide bonds. The molecule has 0 aliphatic carbocycles. The number of aromatic amines is 1. The van der Waals surface area contributed by atoms with Gasteiger partial charge in [-0.05, 0) is 38.1 Å². The first-order valence-corrected chi connectivity index (χ1v) is 10.8. The summed E-state index contributed by atoms with van der Waals surface area (Å²) in [5, 5.41) is 8.72. The molecule has 3 rings (SSSR count). The van der Waals surface area contributed by atoms with Crippen LogP contribution in [0.25, 0.3) is 22.2 Å². The van der Waals surface area contributed by atoms with Crippen molar-refractivity contribution < 1.29 is 17.2 Å². The van der Waals surface area contributed by atoms with Crippen molar-refractivity contribution in [3.8, 4) is 29.2 Å². The molecule has 158 valence electrons. The van der Waals surface area contributed by atoms with Crippen molar-refractivity contribution in [1.29, 1.82) is 5.26 Å². The highest BCUT2D eigenvalue weighted by Crippen LogP contribution is 2.29. The van der Waals surface area contributed by atoms with Crippen LogP contribution < -0.4 is 11.2 Å². The number of nitrogens with two attached hydrogens (primary N) is 1. The molecule has 9 heteroatoms. The van der Waals surface area contributed by atoms with Crippen LogP contribution in [-0.4, -0.2) is 25.2 Å². The molecule has 3 N–H and O–H groups in total. The highest BCUT2D eigenvalue weighted by atomic mass is 32.2. The lowest BCUT2D eigenvalue weighted by Gasteiger charge is -2.11. The fourth-order valence-corrected chi connectivity index (χ4v) is 3.84. The summed E-state index contributed by atoms with van der Waals surface area (Å²) in [6, 6.07) is 7.63. The number of hydrogen-bond acceptors (Lipinski definition) is 5. The molecule has 2 aromatic carbocycles. The SMILES string of the molecule is CC(C)(N)C#Cc1c(F)cc2[nH]c(-c3cc(C#N)ccc3S(C)(=O)=O)cc(=O)c2c1F. The summed E-state index contributed by atoms with van der Waals surface area (Å²) >= 11 is 0. The van der Waals surface area contributed by atoms with Gasteiger partial charge in [-0.1, -0.05) is 11.8 Å². The van der Waals surface area contributed by atoms with Crippen molar-refractivity contribution >= 4 is 20.7 Å². The molecule has 0 spiro atoms. The summed E-state index contributed by atoms with van der Waals surface area (Å²) in [5.41, 5.74) is 3.32. The number of H-pyrrole nitrogens is 1. The Morgan fingerprint density at radius 3 is 2.42 bits per heavy atom. The molecule has 31 heavy (non-hydrogen) atoms. The summed E-state index contributed by atoms with van der Waals surface area (Å²) in [6.07, 6.45) is 0.972. The van der Waals surface area contributed by atoms with Gasteiger partial charge in [-0.3, -0.25) is 4.79 Å². The number of nitrogens with one attached hydrogen (secondary N) is 1. The molecule has 0 radical (unpaired) electrons. The third kappa shape index (κ3) is 4.48. The first kappa shape index (κ1) is 22.2. The lowest BCUT2D eigenvalue weighted by molar-refractivity contribution is 0.585. The number of pyridine rings is 1. The molecule has 0 atom stereocenters. The van der Waals surface area contributed by atoms with Gasteiger partial charge in [-0.2, -0.15) is 5.26 Å². The molecule has 0 unspecified atom stereocenters. The van der Waals surface area contributed by atoms with Gasteiger partial charge < -0.3 is 10.7 Å². The minimum absolute atomic E-state index is 0.00393. The second kappa shape index (κ2) is 7.62.